The monoisotopic (exact) mass is 344 g/mol. The van der Waals surface area contributed by atoms with Gasteiger partial charge in [-0.25, -0.2) is 4.79 Å². The number of fused-ring (bicyclic) bond motifs is 1. The fourth-order valence-corrected chi connectivity index (χ4v) is 4.15. The fraction of sp³-hybridized carbons (Fsp3) is 0.875. The highest BCUT2D eigenvalue weighted by atomic mass is 35.5. The summed E-state index contributed by atoms with van der Waals surface area (Å²) >= 11 is 0. The maximum atomic E-state index is 12.5. The molecule has 3 aliphatic rings. The zero-order chi connectivity index (χ0) is 15.5. The lowest BCUT2D eigenvalue weighted by atomic mass is 9.85. The molecule has 4 atom stereocenters. The van der Waals surface area contributed by atoms with Crippen LogP contribution in [0.1, 0.15) is 45.4 Å². The third-order valence-electron chi connectivity index (χ3n) is 5.33. The Bertz CT molecular complexity index is 420. The molecular formula is C16H29ClN4O2. The van der Waals surface area contributed by atoms with E-state index in [1.54, 1.807) is 4.90 Å². The summed E-state index contributed by atoms with van der Waals surface area (Å²) < 4.78 is 0. The summed E-state index contributed by atoms with van der Waals surface area (Å²) in [5.41, 5.74) is 0. The van der Waals surface area contributed by atoms with Gasteiger partial charge < -0.3 is 20.9 Å². The van der Waals surface area contributed by atoms with Gasteiger partial charge in [0.05, 0.1) is 6.04 Å². The van der Waals surface area contributed by atoms with Gasteiger partial charge in [-0.15, -0.1) is 12.4 Å². The number of rotatable bonds is 3. The van der Waals surface area contributed by atoms with Crippen LogP contribution in [0.2, 0.25) is 0 Å². The Hall–Kier alpha value is -1.01. The first kappa shape index (κ1) is 18.3. The first-order valence-corrected chi connectivity index (χ1v) is 8.76. The summed E-state index contributed by atoms with van der Waals surface area (Å²) in [6, 6.07) is 0.579. The topological polar surface area (TPSA) is 73.5 Å². The van der Waals surface area contributed by atoms with Crippen molar-refractivity contribution in [1.29, 1.82) is 0 Å². The molecule has 132 valence electrons. The van der Waals surface area contributed by atoms with Gasteiger partial charge in [-0.05, 0) is 38.5 Å². The Morgan fingerprint density at radius 2 is 2.00 bits per heavy atom. The predicted octanol–water partition coefficient (Wildman–Crippen LogP) is 1.25. The van der Waals surface area contributed by atoms with Crippen LogP contribution in [-0.2, 0) is 4.79 Å². The van der Waals surface area contributed by atoms with Crippen molar-refractivity contribution in [2.24, 2.45) is 5.92 Å². The number of carbonyl (C=O) groups excluding carboxylic acids is 2. The molecule has 2 saturated heterocycles. The molecule has 6 nitrogen and oxygen atoms in total. The highest BCUT2D eigenvalue weighted by Gasteiger charge is 2.39. The van der Waals surface area contributed by atoms with Crippen LogP contribution in [-0.4, -0.2) is 54.6 Å². The van der Waals surface area contributed by atoms with E-state index in [-0.39, 0.29) is 36.4 Å². The Kier molecular flexibility index (Phi) is 6.53. The second-order valence-corrected chi connectivity index (χ2v) is 6.88. The molecule has 3 fully saturated rings. The Labute approximate surface area is 144 Å². The van der Waals surface area contributed by atoms with E-state index in [1.165, 1.54) is 25.7 Å². The van der Waals surface area contributed by atoms with Gasteiger partial charge in [0.25, 0.3) is 0 Å². The summed E-state index contributed by atoms with van der Waals surface area (Å²) in [7, 11) is 0. The van der Waals surface area contributed by atoms with Gasteiger partial charge in [0.2, 0.25) is 5.91 Å². The lowest BCUT2D eigenvalue weighted by molar-refractivity contribution is -0.123. The lowest BCUT2D eigenvalue weighted by Gasteiger charge is -2.24. The van der Waals surface area contributed by atoms with Gasteiger partial charge in [-0.3, -0.25) is 4.79 Å². The number of hydrogen-bond donors (Lipinski definition) is 3. The van der Waals surface area contributed by atoms with Crippen molar-refractivity contribution in [2.75, 3.05) is 19.6 Å². The number of urea groups is 1. The fourth-order valence-electron chi connectivity index (χ4n) is 4.15. The minimum atomic E-state index is -0.0355. The summed E-state index contributed by atoms with van der Waals surface area (Å²) in [5, 5.41) is 9.46. The first-order chi connectivity index (χ1) is 10.7. The molecule has 0 radical (unpaired) electrons. The molecule has 7 heteroatoms. The molecule has 4 unspecified atom stereocenters. The smallest absolute Gasteiger partial charge is 0.317 e. The number of nitrogens with zero attached hydrogens (tertiary/aromatic N) is 1. The van der Waals surface area contributed by atoms with Gasteiger partial charge in [0.1, 0.15) is 0 Å². The van der Waals surface area contributed by atoms with E-state index >= 15 is 0 Å². The Balaban J connectivity index is 0.00000192. The quantitative estimate of drug-likeness (QED) is 0.721. The van der Waals surface area contributed by atoms with Crippen molar-refractivity contribution in [3.8, 4) is 0 Å². The lowest BCUT2D eigenvalue weighted by Crippen LogP contribution is -2.48. The van der Waals surface area contributed by atoms with Crippen LogP contribution in [0, 0.1) is 5.92 Å². The van der Waals surface area contributed by atoms with Crippen LogP contribution in [0.4, 0.5) is 4.79 Å². The van der Waals surface area contributed by atoms with Crippen molar-refractivity contribution in [3.63, 3.8) is 0 Å². The molecule has 1 aliphatic carbocycles. The minimum absolute atomic E-state index is 0. The molecule has 0 aromatic heterocycles. The first-order valence-electron chi connectivity index (χ1n) is 8.76. The van der Waals surface area contributed by atoms with E-state index in [9.17, 15) is 9.59 Å². The largest absolute Gasteiger partial charge is 0.350 e. The second-order valence-electron chi connectivity index (χ2n) is 6.88. The molecule has 1 saturated carbocycles. The zero-order valence-corrected chi connectivity index (χ0v) is 14.7. The van der Waals surface area contributed by atoms with Crippen LogP contribution < -0.4 is 16.0 Å². The van der Waals surface area contributed by atoms with E-state index in [0.29, 0.717) is 25.0 Å². The van der Waals surface area contributed by atoms with E-state index in [1.807, 2.05) is 6.92 Å². The predicted molar refractivity (Wildman–Crippen MR) is 91.7 cm³/mol. The van der Waals surface area contributed by atoms with Crippen LogP contribution in [0.5, 0.6) is 0 Å². The van der Waals surface area contributed by atoms with Gasteiger partial charge in [-0.2, -0.15) is 0 Å². The molecule has 3 amide bonds. The van der Waals surface area contributed by atoms with E-state index < -0.39 is 0 Å². The molecule has 0 aromatic rings. The average Bonchev–Trinajstić information content (AvgIpc) is 3.13. The SMILES string of the molecule is CCNC(=O)N1CCC(NC(=O)C2CC3CCCCC3N2)C1.Cl. The molecule has 2 aliphatic heterocycles. The number of carbonyl (C=O) groups is 2. The number of likely N-dealkylation sites (tertiary alicyclic amines) is 1. The molecule has 2 heterocycles. The summed E-state index contributed by atoms with van der Waals surface area (Å²) in [5.74, 6) is 0.803. The summed E-state index contributed by atoms with van der Waals surface area (Å²) in [6.45, 7) is 3.90. The zero-order valence-electron chi connectivity index (χ0n) is 13.8. The normalized spacial score (nSPS) is 32.8. The maximum Gasteiger partial charge on any atom is 0.317 e. The van der Waals surface area contributed by atoms with Crippen molar-refractivity contribution in [2.45, 2.75) is 63.6 Å². The highest BCUT2D eigenvalue weighted by molar-refractivity contribution is 5.85. The van der Waals surface area contributed by atoms with E-state index in [0.717, 1.165) is 19.4 Å². The van der Waals surface area contributed by atoms with Crippen LogP contribution in [0.25, 0.3) is 0 Å². The maximum absolute atomic E-state index is 12.5. The van der Waals surface area contributed by atoms with Gasteiger partial charge >= 0.3 is 6.03 Å². The molecule has 3 N–H and O–H groups in total. The summed E-state index contributed by atoms with van der Waals surface area (Å²) in [6.07, 6.45) is 6.89. The summed E-state index contributed by atoms with van der Waals surface area (Å²) in [4.78, 5) is 26.0. The Morgan fingerprint density at radius 3 is 2.74 bits per heavy atom. The second kappa shape index (κ2) is 8.20. The van der Waals surface area contributed by atoms with Gasteiger partial charge in [-0.1, -0.05) is 12.8 Å². The van der Waals surface area contributed by atoms with E-state index in [4.69, 9.17) is 0 Å². The molecule has 3 rings (SSSR count). The molecular weight excluding hydrogens is 316 g/mol. The van der Waals surface area contributed by atoms with Crippen molar-refractivity contribution in [1.82, 2.24) is 20.9 Å². The average molecular weight is 345 g/mol. The third kappa shape index (κ3) is 4.29. The number of nitrogens with one attached hydrogen (secondary N) is 3. The van der Waals surface area contributed by atoms with Crippen molar-refractivity contribution < 1.29 is 9.59 Å². The standard InChI is InChI=1S/C16H28N4O2.ClH/c1-2-17-16(22)20-8-7-12(10-20)18-15(21)14-9-11-5-3-4-6-13(11)19-14;/h11-14,19H,2-10H2,1H3,(H,17,22)(H,18,21);1H. The van der Waals surface area contributed by atoms with Crippen molar-refractivity contribution >= 4 is 24.3 Å². The Morgan fingerprint density at radius 1 is 1.22 bits per heavy atom. The number of halogens is 1. The molecule has 0 spiro atoms. The number of hydrogen-bond acceptors (Lipinski definition) is 3. The third-order valence-corrected chi connectivity index (χ3v) is 5.33. The number of amides is 3. The van der Waals surface area contributed by atoms with Gasteiger partial charge in [0.15, 0.2) is 0 Å². The van der Waals surface area contributed by atoms with Crippen LogP contribution in [0.3, 0.4) is 0 Å². The molecule has 23 heavy (non-hydrogen) atoms. The van der Waals surface area contributed by atoms with E-state index in [2.05, 4.69) is 16.0 Å². The molecule has 0 aromatic carbocycles. The van der Waals surface area contributed by atoms with Crippen molar-refractivity contribution in [3.05, 3.63) is 0 Å². The minimum Gasteiger partial charge on any atom is -0.350 e. The highest BCUT2D eigenvalue weighted by Crippen LogP contribution is 2.33. The van der Waals surface area contributed by atoms with Gasteiger partial charge in [0, 0.05) is 31.7 Å². The van der Waals surface area contributed by atoms with Crippen LogP contribution >= 0.6 is 12.4 Å². The van der Waals surface area contributed by atoms with Crippen LogP contribution in [0.15, 0.2) is 0 Å². The molecule has 0 bridgehead atoms.